The fourth-order valence-electron chi connectivity index (χ4n) is 3.98. The third-order valence-electron chi connectivity index (χ3n) is 5.53. The predicted molar refractivity (Wildman–Crippen MR) is 135 cm³/mol. The highest BCUT2D eigenvalue weighted by Gasteiger charge is 2.35. The molecule has 2 aliphatic rings. The molecule has 0 aliphatic carbocycles. The monoisotopic (exact) mass is 473 g/mol. The van der Waals surface area contributed by atoms with Gasteiger partial charge in [-0.25, -0.2) is 0 Å². The lowest BCUT2D eigenvalue weighted by Gasteiger charge is -2.20. The molecule has 0 radical (unpaired) electrons. The van der Waals surface area contributed by atoms with E-state index < -0.39 is 5.91 Å². The highest BCUT2D eigenvalue weighted by molar-refractivity contribution is 8.26. The van der Waals surface area contributed by atoms with Crippen molar-refractivity contribution >= 4 is 51.4 Å². The van der Waals surface area contributed by atoms with Gasteiger partial charge in [0, 0.05) is 28.5 Å². The van der Waals surface area contributed by atoms with Gasteiger partial charge in [0.2, 0.25) is 5.17 Å². The fourth-order valence-corrected chi connectivity index (χ4v) is 5.08. The number of aryl methyl sites for hydroxylation is 1. The van der Waals surface area contributed by atoms with Crippen molar-refractivity contribution in [3.63, 3.8) is 0 Å². The van der Waals surface area contributed by atoms with Crippen molar-refractivity contribution in [2.24, 2.45) is 10.1 Å². The van der Waals surface area contributed by atoms with Crippen molar-refractivity contribution in [3.05, 3.63) is 93.8 Å². The van der Waals surface area contributed by atoms with Gasteiger partial charge in [-0.3, -0.25) is 10.2 Å². The second-order valence-corrected chi connectivity index (χ2v) is 9.29. The summed E-state index contributed by atoms with van der Waals surface area (Å²) in [5.41, 5.74) is 5.07. The summed E-state index contributed by atoms with van der Waals surface area (Å²) in [6.07, 6.45) is 2.35. The van der Waals surface area contributed by atoms with Gasteiger partial charge in [-0.05, 0) is 67.1 Å². The lowest BCUT2D eigenvalue weighted by atomic mass is 10.1. The van der Waals surface area contributed by atoms with E-state index >= 15 is 0 Å². The van der Waals surface area contributed by atoms with E-state index in [2.05, 4.69) is 14.7 Å². The van der Waals surface area contributed by atoms with Gasteiger partial charge >= 0.3 is 0 Å². The van der Waals surface area contributed by atoms with Gasteiger partial charge in [0.15, 0.2) is 5.84 Å². The molecule has 0 fully saturated rings. The van der Waals surface area contributed by atoms with Gasteiger partial charge in [-0.15, -0.1) is 0 Å². The van der Waals surface area contributed by atoms with Gasteiger partial charge < -0.3 is 4.57 Å². The van der Waals surface area contributed by atoms with Crippen LogP contribution in [-0.2, 0) is 11.2 Å². The van der Waals surface area contributed by atoms with Crippen LogP contribution in [0.5, 0.6) is 0 Å². The Kier molecular flexibility index (Phi) is 5.52. The van der Waals surface area contributed by atoms with E-state index in [9.17, 15) is 4.79 Å². The number of hydrazone groups is 1. The van der Waals surface area contributed by atoms with Crippen LogP contribution in [0.25, 0.3) is 11.8 Å². The molecule has 1 N–H and O–H groups in total. The van der Waals surface area contributed by atoms with Crippen LogP contribution in [0, 0.1) is 19.3 Å². The Labute approximate surface area is 200 Å². The van der Waals surface area contributed by atoms with Crippen molar-refractivity contribution in [1.82, 2.24) is 9.58 Å². The average molecular weight is 474 g/mol. The van der Waals surface area contributed by atoms with Crippen molar-refractivity contribution in [2.75, 3.05) is 0 Å². The van der Waals surface area contributed by atoms with Gasteiger partial charge in [-0.1, -0.05) is 48.0 Å². The molecule has 0 atom stereocenters. The quantitative estimate of drug-likeness (QED) is 0.500. The smallest absolute Gasteiger partial charge is 0.283 e. The van der Waals surface area contributed by atoms with Crippen LogP contribution in [0.1, 0.15) is 22.5 Å². The summed E-state index contributed by atoms with van der Waals surface area (Å²) in [6.45, 7) is 3.98. The Morgan fingerprint density at radius 2 is 1.88 bits per heavy atom. The molecule has 33 heavy (non-hydrogen) atoms. The maximum Gasteiger partial charge on any atom is 0.283 e. The first-order valence-corrected chi connectivity index (χ1v) is 11.6. The standard InChI is InChI=1S/C25H20ClN5OS/c1-15-11-18(16(2)30(15)20-10-6-9-19(26)14-20)13-21-23(27)31-25(28-24(21)32)33-22(29-31)12-17-7-4-3-5-8-17/h3-11,13-14,27H,12H2,1-2H3/b21-13-,27-23?. The molecule has 8 heteroatoms. The predicted octanol–water partition coefficient (Wildman–Crippen LogP) is 5.61. The highest BCUT2D eigenvalue weighted by Crippen LogP contribution is 2.31. The second kappa shape index (κ2) is 8.50. The number of carbonyl (C=O) groups excluding carboxylic acids is 1. The summed E-state index contributed by atoms with van der Waals surface area (Å²) in [6, 6.07) is 19.6. The summed E-state index contributed by atoms with van der Waals surface area (Å²) in [7, 11) is 0. The van der Waals surface area contributed by atoms with Crippen molar-refractivity contribution in [1.29, 1.82) is 5.41 Å². The van der Waals surface area contributed by atoms with Crippen LogP contribution < -0.4 is 0 Å². The Balaban J connectivity index is 1.47. The molecule has 1 amide bonds. The largest absolute Gasteiger partial charge is 0.318 e. The van der Waals surface area contributed by atoms with E-state index in [-0.39, 0.29) is 11.4 Å². The van der Waals surface area contributed by atoms with Crippen LogP contribution in [0.4, 0.5) is 0 Å². The van der Waals surface area contributed by atoms with E-state index in [0.717, 1.165) is 33.2 Å². The van der Waals surface area contributed by atoms with Crippen molar-refractivity contribution in [3.8, 4) is 5.69 Å². The molecule has 164 valence electrons. The van der Waals surface area contributed by atoms with Gasteiger partial charge in [0.1, 0.15) is 5.04 Å². The molecule has 3 heterocycles. The van der Waals surface area contributed by atoms with E-state index in [0.29, 0.717) is 16.6 Å². The maximum atomic E-state index is 12.8. The molecule has 0 unspecified atom stereocenters. The number of aromatic nitrogens is 1. The summed E-state index contributed by atoms with van der Waals surface area (Å²) in [4.78, 5) is 17.0. The van der Waals surface area contributed by atoms with Crippen LogP contribution in [0.15, 0.2) is 76.3 Å². The molecular weight excluding hydrogens is 454 g/mol. The van der Waals surface area contributed by atoms with E-state index in [1.54, 1.807) is 6.08 Å². The Morgan fingerprint density at radius 3 is 2.64 bits per heavy atom. The lowest BCUT2D eigenvalue weighted by Crippen LogP contribution is -2.35. The zero-order chi connectivity index (χ0) is 23.1. The molecule has 0 bridgehead atoms. The Bertz CT molecular complexity index is 1390. The number of hydrogen-bond donors (Lipinski definition) is 1. The molecule has 6 nitrogen and oxygen atoms in total. The number of amidine groups is 2. The summed E-state index contributed by atoms with van der Waals surface area (Å²) in [5, 5.41) is 16.6. The second-order valence-electron chi connectivity index (χ2n) is 7.82. The number of thioether (sulfide) groups is 1. The number of nitrogens with zero attached hydrogens (tertiary/aromatic N) is 4. The van der Waals surface area contributed by atoms with Crippen molar-refractivity contribution in [2.45, 2.75) is 20.3 Å². The zero-order valence-electron chi connectivity index (χ0n) is 18.0. The van der Waals surface area contributed by atoms with Crippen LogP contribution in [-0.4, -0.2) is 31.5 Å². The van der Waals surface area contributed by atoms with Gasteiger partial charge in [0.05, 0.1) is 5.57 Å². The number of amides is 1. The first kappa shape index (κ1) is 21.4. The number of carbonyl (C=O) groups is 1. The molecular formula is C25H20ClN5OS. The first-order chi connectivity index (χ1) is 15.9. The number of hydrogen-bond acceptors (Lipinski definition) is 4. The summed E-state index contributed by atoms with van der Waals surface area (Å²) >= 11 is 7.52. The van der Waals surface area contributed by atoms with E-state index in [4.69, 9.17) is 17.0 Å². The summed E-state index contributed by atoms with van der Waals surface area (Å²) < 4.78 is 2.08. The third-order valence-corrected chi connectivity index (χ3v) is 6.67. The number of benzene rings is 2. The van der Waals surface area contributed by atoms with Crippen LogP contribution >= 0.6 is 23.4 Å². The van der Waals surface area contributed by atoms with E-state index in [1.165, 1.54) is 16.8 Å². The number of fused-ring (bicyclic) bond motifs is 1. The van der Waals surface area contributed by atoms with E-state index in [1.807, 2.05) is 74.5 Å². The average Bonchev–Trinajstić information content (AvgIpc) is 3.31. The van der Waals surface area contributed by atoms with Crippen LogP contribution in [0.2, 0.25) is 5.02 Å². The maximum absolute atomic E-state index is 12.8. The molecule has 0 saturated heterocycles. The molecule has 5 rings (SSSR count). The van der Waals surface area contributed by atoms with Gasteiger partial charge in [-0.2, -0.15) is 15.1 Å². The molecule has 2 aromatic carbocycles. The minimum absolute atomic E-state index is 0.0353. The highest BCUT2D eigenvalue weighted by atomic mass is 35.5. The Hall–Kier alpha value is -3.42. The lowest BCUT2D eigenvalue weighted by molar-refractivity contribution is -0.114. The zero-order valence-corrected chi connectivity index (χ0v) is 19.6. The SMILES string of the molecule is Cc1cc(/C=C2/C(=N)N3N=C(Cc4ccccc4)SC3=NC2=O)c(C)n1-c1cccc(Cl)c1. The number of rotatable bonds is 4. The molecule has 0 spiro atoms. The molecule has 3 aromatic rings. The number of nitrogens with one attached hydrogen (secondary N) is 1. The molecule has 0 saturated carbocycles. The molecule has 2 aliphatic heterocycles. The summed E-state index contributed by atoms with van der Waals surface area (Å²) in [5.74, 6) is -0.393. The normalized spacial score (nSPS) is 16.8. The number of aliphatic imine (C=N–C) groups is 1. The molecule has 1 aromatic heterocycles. The third kappa shape index (κ3) is 4.05. The Morgan fingerprint density at radius 1 is 1.09 bits per heavy atom. The van der Waals surface area contributed by atoms with Crippen LogP contribution in [0.3, 0.4) is 0 Å². The fraction of sp³-hybridized carbons (Fsp3) is 0.120. The minimum Gasteiger partial charge on any atom is -0.318 e. The van der Waals surface area contributed by atoms with Gasteiger partial charge in [0.25, 0.3) is 5.91 Å². The first-order valence-electron chi connectivity index (χ1n) is 10.4. The number of halogens is 1. The topological polar surface area (TPSA) is 73.8 Å². The van der Waals surface area contributed by atoms with Crippen molar-refractivity contribution < 1.29 is 4.79 Å². The minimum atomic E-state index is -0.428.